The van der Waals surface area contributed by atoms with Crippen LogP contribution in [0.2, 0.25) is 0 Å². The Morgan fingerprint density at radius 2 is 1.70 bits per heavy atom. The minimum absolute atomic E-state index is 0.164. The fraction of sp³-hybridized carbons (Fsp3) is 0.680. The molecule has 0 aliphatic heterocycles. The SMILES string of the molecule is CCc1ccc(N(CCCl)CCCl)cc1CC(C)(C)C[C@@H](CC(=O)O)NC(=O)OC(C)(C)C. The largest absolute Gasteiger partial charge is 0.481 e. The molecule has 0 unspecified atom stereocenters. The van der Waals surface area contributed by atoms with Crippen molar-refractivity contribution < 1.29 is 19.4 Å². The van der Waals surface area contributed by atoms with Gasteiger partial charge in [0.05, 0.1) is 6.42 Å². The van der Waals surface area contributed by atoms with Gasteiger partial charge in [0.15, 0.2) is 0 Å². The number of hydrogen-bond acceptors (Lipinski definition) is 4. The molecule has 0 saturated heterocycles. The molecular weight excluding hydrogens is 463 g/mol. The number of anilines is 1. The van der Waals surface area contributed by atoms with Crippen molar-refractivity contribution in [3.63, 3.8) is 0 Å². The number of carboxylic acid groups (broad SMARTS) is 1. The van der Waals surface area contributed by atoms with Crippen molar-refractivity contribution in [2.45, 2.75) is 78.9 Å². The van der Waals surface area contributed by atoms with Gasteiger partial charge in [0.2, 0.25) is 0 Å². The Kier molecular flexibility index (Phi) is 11.8. The summed E-state index contributed by atoms with van der Waals surface area (Å²) in [6, 6.07) is 5.90. The smallest absolute Gasteiger partial charge is 0.407 e. The quantitative estimate of drug-likeness (QED) is 0.330. The summed E-state index contributed by atoms with van der Waals surface area (Å²) in [5.41, 5.74) is 2.62. The van der Waals surface area contributed by atoms with Gasteiger partial charge in [0, 0.05) is 36.6 Å². The molecule has 33 heavy (non-hydrogen) atoms. The number of carbonyl (C=O) groups is 2. The van der Waals surface area contributed by atoms with E-state index in [2.05, 4.69) is 49.2 Å². The van der Waals surface area contributed by atoms with Crippen LogP contribution in [0.4, 0.5) is 10.5 Å². The van der Waals surface area contributed by atoms with E-state index in [-0.39, 0.29) is 11.8 Å². The van der Waals surface area contributed by atoms with Crippen LogP contribution >= 0.6 is 23.2 Å². The van der Waals surface area contributed by atoms with Gasteiger partial charge in [-0.3, -0.25) is 4.79 Å². The van der Waals surface area contributed by atoms with Gasteiger partial charge in [-0.05, 0) is 68.7 Å². The van der Waals surface area contributed by atoms with Gasteiger partial charge in [-0.1, -0.05) is 26.8 Å². The van der Waals surface area contributed by atoms with Crippen LogP contribution in [0, 0.1) is 5.41 Å². The number of rotatable bonds is 13. The van der Waals surface area contributed by atoms with Gasteiger partial charge in [-0.2, -0.15) is 0 Å². The Labute approximate surface area is 209 Å². The van der Waals surface area contributed by atoms with Crippen LogP contribution in [0.1, 0.15) is 65.5 Å². The number of benzene rings is 1. The highest BCUT2D eigenvalue weighted by molar-refractivity contribution is 6.18. The van der Waals surface area contributed by atoms with Crippen molar-refractivity contribution in [3.05, 3.63) is 29.3 Å². The van der Waals surface area contributed by atoms with Gasteiger partial charge < -0.3 is 20.1 Å². The number of amides is 1. The number of nitrogens with zero attached hydrogens (tertiary/aromatic N) is 1. The topological polar surface area (TPSA) is 78.9 Å². The van der Waals surface area contributed by atoms with E-state index in [9.17, 15) is 14.7 Å². The van der Waals surface area contributed by atoms with Crippen LogP contribution in [-0.2, 0) is 22.4 Å². The second-order valence-electron chi connectivity index (χ2n) is 10.2. The van der Waals surface area contributed by atoms with Gasteiger partial charge in [0.1, 0.15) is 5.60 Å². The van der Waals surface area contributed by atoms with Crippen molar-refractivity contribution in [2.75, 3.05) is 29.7 Å². The average Bonchev–Trinajstić information content (AvgIpc) is 2.64. The molecule has 0 fully saturated rings. The molecule has 0 aromatic heterocycles. The predicted molar refractivity (Wildman–Crippen MR) is 137 cm³/mol. The number of alkyl halides is 2. The van der Waals surface area contributed by atoms with E-state index in [0.29, 0.717) is 31.3 Å². The molecule has 0 heterocycles. The number of nitrogens with one attached hydrogen (secondary N) is 1. The Morgan fingerprint density at radius 3 is 2.18 bits per heavy atom. The predicted octanol–water partition coefficient (Wildman–Crippen LogP) is 5.86. The first-order chi connectivity index (χ1) is 15.3. The second kappa shape index (κ2) is 13.3. The van der Waals surface area contributed by atoms with Crippen LogP contribution in [0.15, 0.2) is 18.2 Å². The van der Waals surface area contributed by atoms with Gasteiger partial charge in [0.25, 0.3) is 0 Å². The number of alkyl carbamates (subject to hydrolysis) is 1. The lowest BCUT2D eigenvalue weighted by Crippen LogP contribution is -2.42. The maximum Gasteiger partial charge on any atom is 0.407 e. The van der Waals surface area contributed by atoms with E-state index in [1.807, 2.05) is 0 Å². The summed E-state index contributed by atoms with van der Waals surface area (Å²) < 4.78 is 5.34. The third-order valence-corrected chi connectivity index (χ3v) is 5.59. The molecule has 0 aliphatic rings. The molecular formula is C25H40Cl2N2O4. The second-order valence-corrected chi connectivity index (χ2v) is 10.9. The Balaban J connectivity index is 3.09. The highest BCUT2D eigenvalue weighted by Crippen LogP contribution is 2.32. The summed E-state index contributed by atoms with van der Waals surface area (Å²) >= 11 is 12.0. The van der Waals surface area contributed by atoms with Crippen LogP contribution in [0.3, 0.4) is 0 Å². The van der Waals surface area contributed by atoms with E-state index in [1.54, 1.807) is 20.8 Å². The average molecular weight is 504 g/mol. The van der Waals surface area contributed by atoms with E-state index in [4.69, 9.17) is 27.9 Å². The highest BCUT2D eigenvalue weighted by atomic mass is 35.5. The number of hydrogen-bond donors (Lipinski definition) is 2. The molecule has 0 radical (unpaired) electrons. The molecule has 0 saturated carbocycles. The standard InChI is InChI=1S/C25H40Cl2N2O4/c1-7-18-8-9-21(29(12-10-26)13-11-27)14-19(18)16-25(5,6)17-20(15-22(30)31)28-23(32)33-24(2,3)4/h8-9,14,20H,7,10-13,15-17H2,1-6H3,(H,28,32)(H,30,31)/t20-/m1/s1. The number of aliphatic carboxylic acids is 1. The number of carbonyl (C=O) groups excluding carboxylic acids is 1. The summed E-state index contributed by atoms with van der Waals surface area (Å²) in [4.78, 5) is 25.9. The zero-order chi connectivity index (χ0) is 25.2. The lowest BCUT2D eigenvalue weighted by molar-refractivity contribution is -0.137. The zero-order valence-electron chi connectivity index (χ0n) is 20.8. The first kappa shape index (κ1) is 29.4. The van der Waals surface area contributed by atoms with Crippen LogP contribution in [0.25, 0.3) is 0 Å². The maximum absolute atomic E-state index is 12.3. The lowest BCUT2D eigenvalue weighted by atomic mass is 9.78. The number of carboxylic acids is 1. The van der Waals surface area contributed by atoms with Crippen molar-refractivity contribution in [1.82, 2.24) is 5.32 Å². The van der Waals surface area contributed by atoms with E-state index in [0.717, 1.165) is 18.5 Å². The minimum atomic E-state index is -0.958. The molecule has 188 valence electrons. The summed E-state index contributed by atoms with van der Waals surface area (Å²) in [5, 5.41) is 12.1. The van der Waals surface area contributed by atoms with Crippen LogP contribution in [0.5, 0.6) is 0 Å². The molecule has 0 spiro atoms. The third-order valence-electron chi connectivity index (χ3n) is 5.25. The number of ether oxygens (including phenoxy) is 1. The molecule has 1 aromatic carbocycles. The van der Waals surface area contributed by atoms with Crippen LogP contribution < -0.4 is 10.2 Å². The van der Waals surface area contributed by atoms with E-state index >= 15 is 0 Å². The molecule has 1 aromatic rings. The van der Waals surface area contributed by atoms with Crippen molar-refractivity contribution in [1.29, 1.82) is 0 Å². The third kappa shape index (κ3) is 11.3. The van der Waals surface area contributed by atoms with Crippen molar-refractivity contribution >= 4 is 41.0 Å². The number of halogens is 2. The molecule has 0 bridgehead atoms. The first-order valence-electron chi connectivity index (χ1n) is 11.5. The molecule has 0 aliphatic carbocycles. The molecule has 6 nitrogen and oxygen atoms in total. The Morgan fingerprint density at radius 1 is 1.09 bits per heavy atom. The van der Waals surface area contributed by atoms with Gasteiger partial charge >= 0.3 is 12.1 Å². The van der Waals surface area contributed by atoms with Gasteiger partial charge in [-0.15, -0.1) is 23.2 Å². The fourth-order valence-corrected chi connectivity index (χ4v) is 4.41. The monoisotopic (exact) mass is 502 g/mol. The number of aryl methyl sites for hydroxylation is 1. The van der Waals surface area contributed by atoms with E-state index < -0.39 is 23.7 Å². The normalized spacial score (nSPS) is 12.8. The first-order valence-corrected chi connectivity index (χ1v) is 12.6. The molecule has 2 N–H and O–H groups in total. The highest BCUT2D eigenvalue weighted by Gasteiger charge is 2.29. The molecule has 1 atom stereocenters. The summed E-state index contributed by atoms with van der Waals surface area (Å²) in [6.07, 6.45) is 1.37. The van der Waals surface area contributed by atoms with Crippen LogP contribution in [-0.4, -0.2) is 53.7 Å². The lowest BCUT2D eigenvalue weighted by Gasteiger charge is -2.32. The molecule has 1 amide bonds. The molecule has 8 heteroatoms. The summed E-state index contributed by atoms with van der Waals surface area (Å²) in [6.45, 7) is 13.1. The fourth-order valence-electron chi connectivity index (χ4n) is 4.01. The Bertz CT molecular complexity index is 772. The summed E-state index contributed by atoms with van der Waals surface area (Å²) in [7, 11) is 0. The van der Waals surface area contributed by atoms with Crippen molar-refractivity contribution in [2.24, 2.45) is 5.41 Å². The molecule has 1 rings (SSSR count). The minimum Gasteiger partial charge on any atom is -0.481 e. The summed E-state index contributed by atoms with van der Waals surface area (Å²) in [5.74, 6) is 0.0712. The van der Waals surface area contributed by atoms with Crippen molar-refractivity contribution in [3.8, 4) is 0 Å². The Hall–Kier alpha value is -1.66. The zero-order valence-corrected chi connectivity index (χ0v) is 22.4. The van der Waals surface area contributed by atoms with E-state index in [1.165, 1.54) is 11.1 Å². The maximum atomic E-state index is 12.3. The van der Waals surface area contributed by atoms with Gasteiger partial charge in [-0.25, -0.2) is 4.79 Å².